The van der Waals surface area contributed by atoms with Crippen LogP contribution in [0.1, 0.15) is 18.1 Å². The van der Waals surface area contributed by atoms with Gasteiger partial charge >= 0.3 is 0 Å². The van der Waals surface area contributed by atoms with Gasteiger partial charge in [0.1, 0.15) is 0 Å². The fourth-order valence-electron chi connectivity index (χ4n) is 3.10. The lowest BCUT2D eigenvalue weighted by Crippen LogP contribution is -2.55. The first-order valence-electron chi connectivity index (χ1n) is 5.85. The molecule has 2 unspecified atom stereocenters. The smallest absolute Gasteiger partial charge is 0.0459 e. The van der Waals surface area contributed by atoms with E-state index in [1.165, 1.54) is 23.2 Å². The molecule has 16 heavy (non-hydrogen) atoms. The molecule has 3 rings (SSSR count). The summed E-state index contributed by atoms with van der Waals surface area (Å²) in [7, 11) is 0. The quantitative estimate of drug-likeness (QED) is 0.745. The van der Waals surface area contributed by atoms with Crippen molar-refractivity contribution < 1.29 is 0 Å². The van der Waals surface area contributed by atoms with E-state index < -0.39 is 0 Å². The molecule has 1 aromatic rings. The average molecular weight is 239 g/mol. The molecule has 2 heterocycles. The lowest BCUT2D eigenvalue weighted by Gasteiger charge is -2.39. The van der Waals surface area contributed by atoms with Crippen LogP contribution < -0.4 is 10.2 Å². The molecule has 0 bridgehead atoms. The van der Waals surface area contributed by atoms with Gasteiger partial charge in [0.15, 0.2) is 0 Å². The zero-order chi connectivity index (χ0) is 10.4. The maximum atomic E-state index is 3.52. The Balaban J connectivity index is 0.000000963. The van der Waals surface area contributed by atoms with Crippen molar-refractivity contribution in [2.45, 2.75) is 32.4 Å². The third-order valence-corrected chi connectivity index (χ3v) is 3.72. The highest BCUT2D eigenvalue weighted by molar-refractivity contribution is 5.85. The third kappa shape index (κ3) is 1.61. The van der Waals surface area contributed by atoms with E-state index >= 15 is 0 Å². The van der Waals surface area contributed by atoms with Gasteiger partial charge < -0.3 is 10.2 Å². The predicted octanol–water partition coefficient (Wildman–Crippen LogP) is 2.14. The highest BCUT2D eigenvalue weighted by Gasteiger charge is 2.35. The van der Waals surface area contributed by atoms with Crippen molar-refractivity contribution in [3.8, 4) is 0 Å². The molecule has 88 valence electrons. The summed E-state index contributed by atoms with van der Waals surface area (Å²) >= 11 is 0. The number of para-hydroxylation sites is 1. The molecule has 1 N–H and O–H groups in total. The maximum Gasteiger partial charge on any atom is 0.0459 e. The van der Waals surface area contributed by atoms with Gasteiger partial charge in [-0.1, -0.05) is 18.2 Å². The minimum Gasteiger partial charge on any atom is -0.363 e. The van der Waals surface area contributed by atoms with Crippen molar-refractivity contribution in [1.82, 2.24) is 5.32 Å². The Morgan fingerprint density at radius 2 is 2.12 bits per heavy atom. The standard InChI is InChI=1S/C13H18N2.ClH/c1-9-4-3-5-11-6-12-8-14-7-10(2)15(12)13(9)11;/h3-5,10,12,14H,6-8H2,1-2H3;1H. The number of anilines is 1. The highest BCUT2D eigenvalue weighted by Crippen LogP contribution is 2.37. The number of aryl methyl sites for hydroxylation is 1. The molecule has 0 aromatic heterocycles. The number of piperazine rings is 1. The van der Waals surface area contributed by atoms with E-state index in [2.05, 4.69) is 42.3 Å². The zero-order valence-corrected chi connectivity index (χ0v) is 10.7. The van der Waals surface area contributed by atoms with Crippen LogP contribution in [0.3, 0.4) is 0 Å². The van der Waals surface area contributed by atoms with E-state index in [-0.39, 0.29) is 12.4 Å². The number of hydrogen-bond acceptors (Lipinski definition) is 2. The van der Waals surface area contributed by atoms with Gasteiger partial charge in [-0.2, -0.15) is 0 Å². The molecule has 2 atom stereocenters. The summed E-state index contributed by atoms with van der Waals surface area (Å²) in [6, 6.07) is 8.02. The van der Waals surface area contributed by atoms with Gasteiger partial charge in [-0.3, -0.25) is 0 Å². The molecule has 1 aromatic carbocycles. The Hall–Kier alpha value is -0.730. The largest absolute Gasteiger partial charge is 0.363 e. The van der Waals surface area contributed by atoms with Crippen molar-refractivity contribution in [1.29, 1.82) is 0 Å². The summed E-state index contributed by atoms with van der Waals surface area (Å²) in [6.45, 7) is 6.80. The first-order valence-corrected chi connectivity index (χ1v) is 5.85. The van der Waals surface area contributed by atoms with E-state index in [4.69, 9.17) is 0 Å². The SMILES string of the molecule is Cc1cccc2c1N1C(C)CNCC1C2.Cl. The first-order chi connectivity index (χ1) is 7.27. The fraction of sp³-hybridized carbons (Fsp3) is 0.538. The molecule has 3 heteroatoms. The van der Waals surface area contributed by atoms with Gasteiger partial charge in [0.25, 0.3) is 0 Å². The lowest BCUT2D eigenvalue weighted by molar-refractivity contribution is 0.429. The van der Waals surface area contributed by atoms with Gasteiger partial charge in [0.2, 0.25) is 0 Å². The molecule has 2 nitrogen and oxygen atoms in total. The second-order valence-electron chi connectivity index (χ2n) is 4.86. The lowest BCUT2D eigenvalue weighted by atomic mass is 10.1. The summed E-state index contributed by atoms with van der Waals surface area (Å²) in [5.41, 5.74) is 4.48. The molecular weight excluding hydrogens is 220 g/mol. The van der Waals surface area contributed by atoms with Crippen LogP contribution in [0.4, 0.5) is 5.69 Å². The monoisotopic (exact) mass is 238 g/mol. The van der Waals surface area contributed by atoms with Gasteiger partial charge in [-0.25, -0.2) is 0 Å². The summed E-state index contributed by atoms with van der Waals surface area (Å²) in [5.74, 6) is 0. The average Bonchev–Trinajstić information content (AvgIpc) is 2.58. The van der Waals surface area contributed by atoms with Crippen LogP contribution in [0.2, 0.25) is 0 Å². The molecule has 0 radical (unpaired) electrons. The molecule has 2 aliphatic heterocycles. The van der Waals surface area contributed by atoms with E-state index in [1.807, 2.05) is 0 Å². The van der Waals surface area contributed by atoms with Gasteiger partial charge in [-0.15, -0.1) is 12.4 Å². The minimum atomic E-state index is 0. The molecule has 2 aliphatic rings. The molecule has 0 spiro atoms. The zero-order valence-electron chi connectivity index (χ0n) is 9.86. The molecule has 0 amide bonds. The van der Waals surface area contributed by atoms with Crippen LogP contribution in [0, 0.1) is 6.92 Å². The van der Waals surface area contributed by atoms with Crippen molar-refractivity contribution in [3.63, 3.8) is 0 Å². The summed E-state index contributed by atoms with van der Waals surface area (Å²) in [5, 5.41) is 3.52. The van der Waals surface area contributed by atoms with Crippen LogP contribution in [-0.4, -0.2) is 25.2 Å². The van der Waals surface area contributed by atoms with Crippen molar-refractivity contribution >= 4 is 18.1 Å². The summed E-state index contributed by atoms with van der Waals surface area (Å²) in [4.78, 5) is 2.63. The van der Waals surface area contributed by atoms with E-state index in [0.29, 0.717) is 12.1 Å². The molecule has 1 fully saturated rings. The number of fused-ring (bicyclic) bond motifs is 3. The number of benzene rings is 1. The summed E-state index contributed by atoms with van der Waals surface area (Å²) < 4.78 is 0. The van der Waals surface area contributed by atoms with Crippen LogP contribution in [0.5, 0.6) is 0 Å². The highest BCUT2D eigenvalue weighted by atomic mass is 35.5. The first kappa shape index (κ1) is 11.7. The molecule has 0 saturated carbocycles. The summed E-state index contributed by atoms with van der Waals surface area (Å²) in [6.07, 6.45) is 1.22. The maximum absolute atomic E-state index is 3.52. The molecule has 1 saturated heterocycles. The van der Waals surface area contributed by atoms with E-state index in [0.717, 1.165) is 13.1 Å². The van der Waals surface area contributed by atoms with Crippen LogP contribution >= 0.6 is 12.4 Å². The van der Waals surface area contributed by atoms with E-state index in [9.17, 15) is 0 Å². The number of nitrogens with zero attached hydrogens (tertiary/aromatic N) is 1. The van der Waals surface area contributed by atoms with Crippen LogP contribution in [0.25, 0.3) is 0 Å². The van der Waals surface area contributed by atoms with Crippen LogP contribution in [0.15, 0.2) is 18.2 Å². The Labute approximate surface area is 103 Å². The van der Waals surface area contributed by atoms with Crippen molar-refractivity contribution in [2.75, 3.05) is 18.0 Å². The number of rotatable bonds is 0. The van der Waals surface area contributed by atoms with Gasteiger partial charge in [-0.05, 0) is 31.4 Å². The van der Waals surface area contributed by atoms with E-state index in [1.54, 1.807) is 0 Å². The Morgan fingerprint density at radius 3 is 2.94 bits per heavy atom. The fourth-order valence-corrected chi connectivity index (χ4v) is 3.10. The number of halogens is 1. The van der Waals surface area contributed by atoms with Crippen molar-refractivity contribution in [3.05, 3.63) is 29.3 Å². The predicted molar refractivity (Wildman–Crippen MR) is 70.7 cm³/mol. The van der Waals surface area contributed by atoms with Gasteiger partial charge in [0.05, 0.1) is 0 Å². The minimum absolute atomic E-state index is 0. The van der Waals surface area contributed by atoms with Crippen molar-refractivity contribution in [2.24, 2.45) is 0 Å². The van der Waals surface area contributed by atoms with Gasteiger partial charge in [0, 0.05) is 30.9 Å². The number of nitrogens with one attached hydrogen (secondary N) is 1. The Bertz CT molecular complexity index is 392. The normalized spacial score (nSPS) is 27.0. The second-order valence-corrected chi connectivity index (χ2v) is 4.86. The van der Waals surface area contributed by atoms with Crippen LogP contribution in [-0.2, 0) is 6.42 Å². The Kier molecular flexibility index (Phi) is 3.13. The third-order valence-electron chi connectivity index (χ3n) is 3.72. The number of hydrogen-bond donors (Lipinski definition) is 1. The topological polar surface area (TPSA) is 15.3 Å². The molecule has 0 aliphatic carbocycles. The molecular formula is C13H19ClN2. The Morgan fingerprint density at radius 1 is 1.31 bits per heavy atom. The second kappa shape index (κ2) is 4.27.